The van der Waals surface area contributed by atoms with E-state index in [2.05, 4.69) is 4.98 Å². The highest BCUT2D eigenvalue weighted by atomic mass is 35.5. The molecule has 7 nitrogen and oxygen atoms in total. The number of rotatable bonds is 3. The van der Waals surface area contributed by atoms with Gasteiger partial charge < -0.3 is 4.74 Å². The van der Waals surface area contributed by atoms with E-state index < -0.39 is 0 Å². The number of hydrogen-bond acceptors (Lipinski definition) is 5. The fourth-order valence-corrected chi connectivity index (χ4v) is 3.75. The highest BCUT2D eigenvalue weighted by molar-refractivity contribution is 6.30. The molecule has 4 aromatic rings. The molecule has 0 radical (unpaired) electrons. The third kappa shape index (κ3) is 2.59. The lowest BCUT2D eigenvalue weighted by Crippen LogP contribution is -2.24. The number of benzene rings is 2. The normalized spacial score (nSPS) is 13.2. The summed E-state index contributed by atoms with van der Waals surface area (Å²) < 4.78 is 6.89. The molecule has 0 N–H and O–H groups in total. The van der Waals surface area contributed by atoms with Gasteiger partial charge in [-0.05, 0) is 36.4 Å². The first-order chi connectivity index (χ1) is 14.5. The van der Waals surface area contributed by atoms with Crippen LogP contribution in [0.15, 0.2) is 54.7 Å². The third-order valence-electron chi connectivity index (χ3n) is 5.18. The van der Waals surface area contributed by atoms with Crippen molar-refractivity contribution in [3.8, 4) is 22.7 Å². The quantitative estimate of drug-likeness (QED) is 0.470. The molecular weight excluding hydrogens is 404 g/mol. The molecule has 2 aromatic carbocycles. The lowest BCUT2D eigenvalue weighted by molar-refractivity contribution is 0.0693. The number of carbonyl (C=O) groups is 2. The molecule has 3 heterocycles. The molecule has 0 saturated heterocycles. The van der Waals surface area contributed by atoms with Crippen LogP contribution in [0, 0.1) is 0 Å². The number of fused-ring (bicyclic) bond motifs is 3. The zero-order chi connectivity index (χ0) is 21.0. The van der Waals surface area contributed by atoms with Gasteiger partial charge in [-0.1, -0.05) is 23.7 Å². The number of pyridine rings is 1. The first-order valence-corrected chi connectivity index (χ1v) is 9.52. The molecule has 1 aliphatic heterocycles. The average Bonchev–Trinajstić information content (AvgIpc) is 3.26. The van der Waals surface area contributed by atoms with Gasteiger partial charge >= 0.3 is 0 Å². The fourth-order valence-electron chi connectivity index (χ4n) is 3.62. The minimum absolute atomic E-state index is 0.277. The number of amides is 2. The van der Waals surface area contributed by atoms with E-state index in [9.17, 15) is 9.59 Å². The summed E-state index contributed by atoms with van der Waals surface area (Å²) >= 11 is 6.05. The highest BCUT2D eigenvalue weighted by Gasteiger charge is 2.37. The van der Waals surface area contributed by atoms with Gasteiger partial charge in [-0.3, -0.25) is 14.5 Å². The fraction of sp³-hybridized carbons (Fsp3) is 0.0909. The van der Waals surface area contributed by atoms with Crippen LogP contribution in [0.3, 0.4) is 0 Å². The second-order valence-corrected chi connectivity index (χ2v) is 7.32. The molecule has 0 saturated carbocycles. The zero-order valence-electron chi connectivity index (χ0n) is 16.1. The van der Waals surface area contributed by atoms with Crippen molar-refractivity contribution in [3.05, 3.63) is 70.9 Å². The zero-order valence-corrected chi connectivity index (χ0v) is 16.8. The van der Waals surface area contributed by atoms with E-state index in [0.29, 0.717) is 33.1 Å². The molecule has 2 aromatic heterocycles. The Bertz CT molecular complexity index is 1330. The topological polar surface area (TPSA) is 77.3 Å². The van der Waals surface area contributed by atoms with Crippen molar-refractivity contribution < 1.29 is 14.3 Å². The summed E-state index contributed by atoms with van der Waals surface area (Å²) in [5, 5.41) is 5.89. The maximum Gasteiger partial charge on any atom is 0.262 e. The summed E-state index contributed by atoms with van der Waals surface area (Å²) in [6, 6.07) is 14.5. The minimum atomic E-state index is -0.372. The van der Waals surface area contributed by atoms with Crippen LogP contribution in [-0.4, -0.2) is 45.6 Å². The van der Waals surface area contributed by atoms with Gasteiger partial charge in [-0.15, -0.1) is 0 Å². The van der Waals surface area contributed by atoms with E-state index in [4.69, 9.17) is 21.4 Å². The SMILES string of the molecule is COc1ccc(-n2nc(-c3ccc(Cl)cc3)c3c4c(cnc32)C(=O)N(C)C4=O)cc1. The van der Waals surface area contributed by atoms with E-state index in [1.807, 2.05) is 36.4 Å². The lowest BCUT2D eigenvalue weighted by Gasteiger charge is -2.05. The Morgan fingerprint density at radius 2 is 1.67 bits per heavy atom. The molecule has 0 bridgehead atoms. The molecule has 0 fully saturated rings. The van der Waals surface area contributed by atoms with Crippen LogP contribution < -0.4 is 4.74 Å². The number of nitrogens with zero attached hydrogens (tertiary/aromatic N) is 4. The standard InChI is InChI=1S/C22H15ClN4O3/c1-26-21(28)16-11-24-20-18(17(16)22(26)29)19(12-3-5-13(23)6-4-12)25-27(20)14-7-9-15(30-2)10-8-14/h3-11H,1-2H3. The van der Waals surface area contributed by atoms with Gasteiger partial charge in [-0.25, -0.2) is 9.67 Å². The second-order valence-electron chi connectivity index (χ2n) is 6.88. The average molecular weight is 419 g/mol. The molecule has 148 valence electrons. The number of hydrogen-bond donors (Lipinski definition) is 0. The Balaban J connectivity index is 1.84. The van der Waals surface area contributed by atoms with Crippen LogP contribution in [0.4, 0.5) is 0 Å². The van der Waals surface area contributed by atoms with Gasteiger partial charge in [0.25, 0.3) is 11.8 Å². The summed E-state index contributed by atoms with van der Waals surface area (Å²) in [4.78, 5) is 31.0. The Hall–Kier alpha value is -3.71. The maximum absolute atomic E-state index is 12.9. The van der Waals surface area contributed by atoms with Crippen LogP contribution in [0.25, 0.3) is 28.0 Å². The Morgan fingerprint density at radius 3 is 2.33 bits per heavy atom. The largest absolute Gasteiger partial charge is 0.497 e. The number of imide groups is 1. The molecule has 5 rings (SSSR count). The number of aromatic nitrogens is 3. The monoisotopic (exact) mass is 418 g/mol. The summed E-state index contributed by atoms with van der Waals surface area (Å²) in [7, 11) is 3.06. The van der Waals surface area contributed by atoms with Crippen LogP contribution in [0.2, 0.25) is 5.02 Å². The summed E-state index contributed by atoms with van der Waals surface area (Å²) in [5.41, 5.74) is 3.15. The van der Waals surface area contributed by atoms with E-state index in [0.717, 1.165) is 16.2 Å². The van der Waals surface area contributed by atoms with Gasteiger partial charge in [0.05, 0.1) is 29.3 Å². The Labute approximate surface area is 176 Å². The van der Waals surface area contributed by atoms with Crippen molar-refractivity contribution >= 4 is 34.4 Å². The van der Waals surface area contributed by atoms with Crippen LogP contribution >= 0.6 is 11.6 Å². The van der Waals surface area contributed by atoms with Crippen LogP contribution in [-0.2, 0) is 0 Å². The Kier molecular flexibility index (Phi) is 4.08. The molecule has 8 heteroatoms. The van der Waals surface area contributed by atoms with Crippen molar-refractivity contribution in [2.24, 2.45) is 0 Å². The van der Waals surface area contributed by atoms with Gasteiger partial charge in [0.2, 0.25) is 0 Å². The van der Waals surface area contributed by atoms with Gasteiger partial charge in [-0.2, -0.15) is 5.10 Å². The predicted molar refractivity (Wildman–Crippen MR) is 112 cm³/mol. The molecule has 0 unspecified atom stereocenters. The van der Waals surface area contributed by atoms with Crippen molar-refractivity contribution in [2.45, 2.75) is 0 Å². The second kappa shape index (κ2) is 6.67. The minimum Gasteiger partial charge on any atom is -0.497 e. The van der Waals surface area contributed by atoms with Crippen molar-refractivity contribution in [3.63, 3.8) is 0 Å². The number of methoxy groups -OCH3 is 1. The van der Waals surface area contributed by atoms with Gasteiger partial charge in [0.15, 0.2) is 5.65 Å². The molecule has 0 atom stereocenters. The van der Waals surface area contributed by atoms with E-state index in [1.54, 1.807) is 23.9 Å². The van der Waals surface area contributed by atoms with Crippen molar-refractivity contribution in [1.82, 2.24) is 19.7 Å². The van der Waals surface area contributed by atoms with Crippen LogP contribution in [0.1, 0.15) is 20.7 Å². The first kappa shape index (κ1) is 18.3. The summed E-state index contributed by atoms with van der Waals surface area (Å²) in [6.45, 7) is 0. The van der Waals surface area contributed by atoms with E-state index in [1.165, 1.54) is 13.2 Å². The third-order valence-corrected chi connectivity index (χ3v) is 5.44. The summed E-state index contributed by atoms with van der Waals surface area (Å²) in [5.74, 6) is -0.0278. The van der Waals surface area contributed by atoms with Crippen LogP contribution in [0.5, 0.6) is 5.75 Å². The van der Waals surface area contributed by atoms with Crippen molar-refractivity contribution in [2.75, 3.05) is 14.2 Å². The summed E-state index contributed by atoms with van der Waals surface area (Å²) in [6.07, 6.45) is 1.44. The molecule has 30 heavy (non-hydrogen) atoms. The number of carbonyl (C=O) groups excluding carboxylic acids is 2. The number of ether oxygens (including phenoxy) is 1. The lowest BCUT2D eigenvalue weighted by atomic mass is 10.0. The molecule has 1 aliphatic rings. The molecule has 0 spiro atoms. The Morgan fingerprint density at radius 1 is 0.967 bits per heavy atom. The maximum atomic E-state index is 12.9. The first-order valence-electron chi connectivity index (χ1n) is 9.14. The van der Waals surface area contributed by atoms with E-state index >= 15 is 0 Å². The molecular formula is C22H15ClN4O3. The molecule has 0 aliphatic carbocycles. The predicted octanol–water partition coefficient (Wildman–Crippen LogP) is 3.98. The number of halogens is 1. The van der Waals surface area contributed by atoms with Gasteiger partial charge in [0, 0.05) is 23.8 Å². The smallest absolute Gasteiger partial charge is 0.262 e. The van der Waals surface area contributed by atoms with Gasteiger partial charge in [0.1, 0.15) is 11.4 Å². The molecule has 2 amide bonds. The highest BCUT2D eigenvalue weighted by Crippen LogP contribution is 2.36. The van der Waals surface area contributed by atoms with Crippen molar-refractivity contribution in [1.29, 1.82) is 0 Å². The van der Waals surface area contributed by atoms with E-state index in [-0.39, 0.29) is 17.4 Å².